The standard InChI is InChI=1S/C15H30N2/c1-14(2,3)13(16)11-17-10-9-15(12-17)7-5-4-6-8-15/h13H,4-12,16H2,1-3H3/t13-/m0/s1. The Labute approximate surface area is 107 Å². The third-order valence-corrected chi connectivity index (χ3v) is 5.00. The average Bonchev–Trinajstić information content (AvgIpc) is 2.61. The molecular formula is C15H30N2. The molecule has 0 bridgehead atoms. The van der Waals surface area contributed by atoms with Gasteiger partial charge in [0.25, 0.3) is 0 Å². The predicted molar refractivity (Wildman–Crippen MR) is 74.0 cm³/mol. The zero-order valence-electron chi connectivity index (χ0n) is 12.0. The zero-order chi connectivity index (χ0) is 12.5. The van der Waals surface area contributed by atoms with E-state index in [1.54, 1.807) is 0 Å². The summed E-state index contributed by atoms with van der Waals surface area (Å²) in [7, 11) is 0. The van der Waals surface area contributed by atoms with E-state index in [1.165, 1.54) is 51.6 Å². The van der Waals surface area contributed by atoms with Gasteiger partial charge in [-0.2, -0.15) is 0 Å². The van der Waals surface area contributed by atoms with Crippen LogP contribution in [0.4, 0.5) is 0 Å². The molecule has 17 heavy (non-hydrogen) atoms. The van der Waals surface area contributed by atoms with Gasteiger partial charge in [0.15, 0.2) is 0 Å². The van der Waals surface area contributed by atoms with Crippen molar-refractivity contribution in [3.05, 3.63) is 0 Å². The van der Waals surface area contributed by atoms with Crippen LogP contribution in [0.5, 0.6) is 0 Å². The van der Waals surface area contributed by atoms with Crippen LogP contribution in [-0.2, 0) is 0 Å². The molecule has 2 aliphatic rings. The molecule has 1 atom stereocenters. The molecule has 1 aliphatic carbocycles. The first-order valence-corrected chi connectivity index (χ1v) is 7.39. The minimum absolute atomic E-state index is 0.238. The Morgan fingerprint density at radius 3 is 2.35 bits per heavy atom. The van der Waals surface area contributed by atoms with E-state index in [4.69, 9.17) is 5.73 Å². The first-order chi connectivity index (χ1) is 7.91. The predicted octanol–water partition coefficient (Wildman–Crippen LogP) is 3.02. The summed E-state index contributed by atoms with van der Waals surface area (Å²) in [5.74, 6) is 0. The summed E-state index contributed by atoms with van der Waals surface area (Å²) in [5, 5.41) is 0. The summed E-state index contributed by atoms with van der Waals surface area (Å²) >= 11 is 0. The van der Waals surface area contributed by atoms with Gasteiger partial charge in [0.1, 0.15) is 0 Å². The SMILES string of the molecule is CC(C)(C)[C@@H](N)CN1CCC2(CCCCC2)C1. The summed E-state index contributed by atoms with van der Waals surface area (Å²) in [6, 6.07) is 0.307. The van der Waals surface area contributed by atoms with Gasteiger partial charge in [-0.3, -0.25) is 0 Å². The highest BCUT2D eigenvalue weighted by Crippen LogP contribution is 2.43. The minimum Gasteiger partial charge on any atom is -0.326 e. The van der Waals surface area contributed by atoms with Crippen LogP contribution in [0.1, 0.15) is 59.3 Å². The van der Waals surface area contributed by atoms with Crippen LogP contribution in [0.15, 0.2) is 0 Å². The lowest BCUT2D eigenvalue weighted by Crippen LogP contribution is -2.45. The van der Waals surface area contributed by atoms with Crippen LogP contribution in [0.3, 0.4) is 0 Å². The third kappa shape index (κ3) is 3.23. The lowest BCUT2D eigenvalue weighted by Gasteiger charge is -2.35. The molecule has 100 valence electrons. The van der Waals surface area contributed by atoms with E-state index in [1.807, 2.05) is 0 Å². The molecule has 0 radical (unpaired) electrons. The lowest BCUT2D eigenvalue weighted by atomic mass is 9.73. The van der Waals surface area contributed by atoms with Crippen molar-refractivity contribution in [3.63, 3.8) is 0 Å². The molecule has 1 saturated heterocycles. The molecule has 1 saturated carbocycles. The smallest absolute Gasteiger partial charge is 0.0217 e. The van der Waals surface area contributed by atoms with Crippen LogP contribution >= 0.6 is 0 Å². The highest BCUT2D eigenvalue weighted by atomic mass is 15.2. The van der Waals surface area contributed by atoms with E-state index in [0.717, 1.165) is 6.54 Å². The number of likely N-dealkylation sites (tertiary alicyclic amines) is 1. The molecule has 0 amide bonds. The fourth-order valence-electron chi connectivity index (χ4n) is 3.45. The maximum absolute atomic E-state index is 6.31. The Bertz CT molecular complexity index is 248. The molecule has 0 aromatic carbocycles. The second-order valence-corrected chi connectivity index (χ2v) is 7.52. The van der Waals surface area contributed by atoms with Crippen molar-refractivity contribution in [3.8, 4) is 0 Å². The fraction of sp³-hybridized carbons (Fsp3) is 1.00. The number of rotatable bonds is 2. The second-order valence-electron chi connectivity index (χ2n) is 7.52. The Hall–Kier alpha value is -0.0800. The molecule has 2 N–H and O–H groups in total. The number of hydrogen-bond donors (Lipinski definition) is 1. The highest BCUT2D eigenvalue weighted by molar-refractivity contribution is 4.93. The summed E-state index contributed by atoms with van der Waals surface area (Å²) in [4.78, 5) is 2.63. The van der Waals surface area contributed by atoms with E-state index < -0.39 is 0 Å². The molecule has 2 fully saturated rings. The third-order valence-electron chi connectivity index (χ3n) is 5.00. The van der Waals surface area contributed by atoms with Crippen LogP contribution in [0, 0.1) is 10.8 Å². The van der Waals surface area contributed by atoms with Crippen LogP contribution in [0.25, 0.3) is 0 Å². The Morgan fingerprint density at radius 1 is 1.12 bits per heavy atom. The Balaban J connectivity index is 1.85. The van der Waals surface area contributed by atoms with E-state index in [9.17, 15) is 0 Å². The number of nitrogens with two attached hydrogens (primary N) is 1. The van der Waals surface area contributed by atoms with E-state index in [2.05, 4.69) is 25.7 Å². The summed E-state index contributed by atoms with van der Waals surface area (Å²) in [6.45, 7) is 10.4. The van der Waals surface area contributed by atoms with Gasteiger partial charge >= 0.3 is 0 Å². The first kappa shape index (κ1) is 13.4. The maximum atomic E-state index is 6.31. The zero-order valence-corrected chi connectivity index (χ0v) is 12.0. The molecule has 0 aromatic heterocycles. The largest absolute Gasteiger partial charge is 0.326 e. The molecule has 0 aromatic rings. The van der Waals surface area contributed by atoms with Crippen molar-refractivity contribution in [1.29, 1.82) is 0 Å². The molecular weight excluding hydrogens is 208 g/mol. The second kappa shape index (κ2) is 4.89. The van der Waals surface area contributed by atoms with Crippen molar-refractivity contribution in [1.82, 2.24) is 4.90 Å². The van der Waals surface area contributed by atoms with Gasteiger partial charge in [-0.15, -0.1) is 0 Å². The molecule has 1 heterocycles. The molecule has 0 unspecified atom stereocenters. The fourth-order valence-corrected chi connectivity index (χ4v) is 3.45. The summed E-state index contributed by atoms with van der Waals surface area (Å²) in [5.41, 5.74) is 7.22. The van der Waals surface area contributed by atoms with Crippen molar-refractivity contribution in [2.75, 3.05) is 19.6 Å². The van der Waals surface area contributed by atoms with Crippen molar-refractivity contribution >= 4 is 0 Å². The monoisotopic (exact) mass is 238 g/mol. The normalized spacial score (nSPS) is 27.5. The summed E-state index contributed by atoms with van der Waals surface area (Å²) in [6.07, 6.45) is 8.73. The summed E-state index contributed by atoms with van der Waals surface area (Å²) < 4.78 is 0. The van der Waals surface area contributed by atoms with Gasteiger partial charge in [0.2, 0.25) is 0 Å². The van der Waals surface area contributed by atoms with Gasteiger partial charge in [-0.1, -0.05) is 40.0 Å². The first-order valence-electron chi connectivity index (χ1n) is 7.39. The topological polar surface area (TPSA) is 29.3 Å². The molecule has 1 aliphatic heterocycles. The van der Waals surface area contributed by atoms with Crippen LogP contribution in [-0.4, -0.2) is 30.6 Å². The molecule has 2 heteroatoms. The van der Waals surface area contributed by atoms with Crippen molar-refractivity contribution in [2.24, 2.45) is 16.6 Å². The van der Waals surface area contributed by atoms with Crippen molar-refractivity contribution < 1.29 is 0 Å². The lowest BCUT2D eigenvalue weighted by molar-refractivity contribution is 0.168. The molecule has 2 nitrogen and oxygen atoms in total. The van der Waals surface area contributed by atoms with Gasteiger partial charge in [-0.05, 0) is 36.6 Å². The average molecular weight is 238 g/mol. The van der Waals surface area contributed by atoms with Gasteiger partial charge < -0.3 is 10.6 Å². The van der Waals surface area contributed by atoms with Gasteiger partial charge in [0, 0.05) is 19.1 Å². The number of nitrogens with zero attached hydrogens (tertiary/aromatic N) is 1. The Kier molecular flexibility index (Phi) is 3.84. The van der Waals surface area contributed by atoms with Crippen LogP contribution < -0.4 is 5.73 Å². The van der Waals surface area contributed by atoms with E-state index in [0.29, 0.717) is 11.5 Å². The molecule has 2 rings (SSSR count). The van der Waals surface area contributed by atoms with Crippen LogP contribution in [0.2, 0.25) is 0 Å². The van der Waals surface area contributed by atoms with E-state index >= 15 is 0 Å². The Morgan fingerprint density at radius 2 is 1.76 bits per heavy atom. The quantitative estimate of drug-likeness (QED) is 0.801. The van der Waals surface area contributed by atoms with Gasteiger partial charge in [0.05, 0.1) is 0 Å². The minimum atomic E-state index is 0.238. The van der Waals surface area contributed by atoms with Gasteiger partial charge in [-0.25, -0.2) is 0 Å². The number of hydrogen-bond acceptors (Lipinski definition) is 2. The highest BCUT2D eigenvalue weighted by Gasteiger charge is 2.39. The maximum Gasteiger partial charge on any atom is 0.0217 e. The van der Waals surface area contributed by atoms with E-state index in [-0.39, 0.29) is 5.41 Å². The molecule has 1 spiro atoms. The van der Waals surface area contributed by atoms with Crippen molar-refractivity contribution in [2.45, 2.75) is 65.3 Å².